The monoisotopic (exact) mass is 260 g/mol. The number of ether oxygens (including phenoxy) is 1. The lowest BCUT2D eigenvalue weighted by Crippen LogP contribution is -2.11. The van der Waals surface area contributed by atoms with Gasteiger partial charge in [-0.15, -0.1) is 0 Å². The van der Waals surface area contributed by atoms with Crippen LogP contribution in [0.4, 0.5) is 13.2 Å². The normalized spacial score (nSPS) is 11.8. The molecule has 1 N–H and O–H groups in total. The first kappa shape index (κ1) is 11.8. The largest absolute Gasteiger partial charge is 0.497 e. The Hall–Kier alpha value is -1.63. The molecule has 0 spiro atoms. The molecule has 2 aromatic rings. The van der Waals surface area contributed by atoms with Gasteiger partial charge in [0, 0.05) is 5.39 Å². The van der Waals surface area contributed by atoms with Crippen LogP contribution in [0, 0.1) is 4.64 Å². The van der Waals surface area contributed by atoms with Crippen LogP contribution >= 0.6 is 12.2 Å². The van der Waals surface area contributed by atoms with E-state index < -0.39 is 12.0 Å². The van der Waals surface area contributed by atoms with Gasteiger partial charge in [-0.2, -0.15) is 13.2 Å². The Bertz CT molecular complexity index is 621. The first-order valence-electron chi connectivity index (χ1n) is 4.57. The summed E-state index contributed by atoms with van der Waals surface area (Å²) in [5, 5.41) is 0.423. The van der Waals surface area contributed by atoms with Gasteiger partial charge in [-0.3, -0.25) is 0 Å². The van der Waals surface area contributed by atoms with Gasteiger partial charge in [-0.25, -0.2) is 4.98 Å². The molecule has 0 aliphatic rings. The number of hydrogen-bond donors (Lipinski definition) is 1. The van der Waals surface area contributed by atoms with Gasteiger partial charge >= 0.3 is 6.18 Å². The third-order valence-electron chi connectivity index (χ3n) is 2.19. The Morgan fingerprint density at radius 1 is 1.35 bits per heavy atom. The first-order valence-corrected chi connectivity index (χ1v) is 4.98. The van der Waals surface area contributed by atoms with E-state index in [9.17, 15) is 13.2 Å². The number of fused-ring (bicyclic) bond motifs is 1. The molecule has 2 rings (SSSR count). The van der Waals surface area contributed by atoms with Crippen LogP contribution in [0.1, 0.15) is 5.82 Å². The maximum atomic E-state index is 12.5. The van der Waals surface area contributed by atoms with Gasteiger partial charge in [0.2, 0.25) is 5.82 Å². The molecule has 1 heterocycles. The minimum absolute atomic E-state index is 0.107. The molecule has 0 bridgehead atoms. The zero-order valence-corrected chi connectivity index (χ0v) is 9.45. The molecule has 90 valence electrons. The standard InChI is InChI=1S/C10H7F3N2OS/c1-16-5-2-3-7-6(4-5)8(17)15-9(14-7)10(11,12)13/h2-4H,1H3,(H,14,15,17). The van der Waals surface area contributed by atoms with E-state index in [2.05, 4.69) is 9.97 Å². The molecule has 0 atom stereocenters. The average molecular weight is 260 g/mol. The molecule has 3 nitrogen and oxygen atoms in total. The topological polar surface area (TPSA) is 37.9 Å². The Kier molecular flexibility index (Phi) is 2.78. The molecule has 1 aromatic carbocycles. The van der Waals surface area contributed by atoms with Crippen molar-refractivity contribution in [2.75, 3.05) is 7.11 Å². The fraction of sp³-hybridized carbons (Fsp3) is 0.200. The van der Waals surface area contributed by atoms with Crippen molar-refractivity contribution in [1.82, 2.24) is 9.97 Å². The predicted octanol–water partition coefficient (Wildman–Crippen LogP) is 3.32. The summed E-state index contributed by atoms with van der Waals surface area (Å²) in [5.74, 6) is -0.585. The van der Waals surface area contributed by atoms with E-state index in [1.54, 1.807) is 12.1 Å². The second-order valence-corrected chi connectivity index (χ2v) is 3.69. The Balaban J connectivity index is 2.73. The molecule has 17 heavy (non-hydrogen) atoms. The average Bonchev–Trinajstić information content (AvgIpc) is 2.27. The van der Waals surface area contributed by atoms with E-state index in [4.69, 9.17) is 17.0 Å². The Morgan fingerprint density at radius 3 is 2.65 bits per heavy atom. The molecule has 1 aromatic heterocycles. The van der Waals surface area contributed by atoms with Crippen LogP contribution < -0.4 is 4.74 Å². The van der Waals surface area contributed by atoms with E-state index in [1.165, 1.54) is 13.2 Å². The van der Waals surface area contributed by atoms with Crippen molar-refractivity contribution >= 4 is 23.1 Å². The first-order chi connectivity index (χ1) is 7.91. The fourth-order valence-electron chi connectivity index (χ4n) is 1.39. The third-order valence-corrected chi connectivity index (χ3v) is 2.50. The smallest absolute Gasteiger partial charge is 0.449 e. The molecule has 0 aliphatic heterocycles. The molecule has 0 saturated heterocycles. The summed E-state index contributed by atoms with van der Waals surface area (Å²) in [6.07, 6.45) is -4.54. The Labute approximate surface area is 99.3 Å². The van der Waals surface area contributed by atoms with Crippen LogP contribution in [0.25, 0.3) is 10.9 Å². The molecular weight excluding hydrogens is 253 g/mol. The summed E-state index contributed by atoms with van der Waals surface area (Å²) < 4.78 is 42.3. The third kappa shape index (κ3) is 2.23. The SMILES string of the molecule is COc1ccc2[nH]c(C(F)(F)F)nc(=S)c2c1. The number of halogens is 3. The predicted molar refractivity (Wildman–Crippen MR) is 58.5 cm³/mol. The lowest BCUT2D eigenvalue weighted by molar-refractivity contribution is -0.144. The number of hydrogen-bond acceptors (Lipinski definition) is 3. The second-order valence-electron chi connectivity index (χ2n) is 3.30. The van der Waals surface area contributed by atoms with Gasteiger partial charge in [0.05, 0.1) is 12.6 Å². The van der Waals surface area contributed by atoms with Gasteiger partial charge in [-0.1, -0.05) is 12.2 Å². The number of H-pyrrole nitrogens is 1. The van der Waals surface area contributed by atoms with Crippen molar-refractivity contribution in [1.29, 1.82) is 0 Å². The summed E-state index contributed by atoms with van der Waals surface area (Å²) in [7, 11) is 1.46. The van der Waals surface area contributed by atoms with Crippen LogP contribution in [-0.4, -0.2) is 17.1 Å². The van der Waals surface area contributed by atoms with Crippen molar-refractivity contribution in [3.05, 3.63) is 28.7 Å². The van der Waals surface area contributed by atoms with Gasteiger partial charge < -0.3 is 9.72 Å². The molecule has 0 unspecified atom stereocenters. The molecular formula is C10H7F3N2OS. The van der Waals surface area contributed by atoms with Crippen molar-refractivity contribution in [3.63, 3.8) is 0 Å². The Morgan fingerprint density at radius 2 is 2.06 bits per heavy atom. The van der Waals surface area contributed by atoms with Gasteiger partial charge in [-0.05, 0) is 18.2 Å². The number of nitrogens with zero attached hydrogens (tertiary/aromatic N) is 1. The van der Waals surface area contributed by atoms with Crippen molar-refractivity contribution in [3.8, 4) is 5.75 Å². The van der Waals surface area contributed by atoms with E-state index >= 15 is 0 Å². The van der Waals surface area contributed by atoms with Crippen molar-refractivity contribution in [2.24, 2.45) is 0 Å². The number of methoxy groups -OCH3 is 1. The highest BCUT2D eigenvalue weighted by Crippen LogP contribution is 2.28. The number of alkyl halides is 3. The van der Waals surface area contributed by atoms with Crippen LogP contribution in [0.2, 0.25) is 0 Å². The summed E-state index contributed by atoms with van der Waals surface area (Å²) in [4.78, 5) is 5.53. The minimum atomic E-state index is -4.54. The molecule has 0 radical (unpaired) electrons. The van der Waals surface area contributed by atoms with Gasteiger partial charge in [0.25, 0.3) is 0 Å². The summed E-state index contributed by atoms with van der Waals surface area (Å²) in [6, 6.07) is 4.57. The summed E-state index contributed by atoms with van der Waals surface area (Å²) in [6.45, 7) is 0. The fourth-order valence-corrected chi connectivity index (χ4v) is 1.65. The van der Waals surface area contributed by atoms with E-state index in [0.29, 0.717) is 11.1 Å². The molecule has 0 saturated carbocycles. The van der Waals surface area contributed by atoms with Gasteiger partial charge in [0.1, 0.15) is 10.4 Å². The van der Waals surface area contributed by atoms with E-state index in [-0.39, 0.29) is 10.2 Å². The molecule has 0 aliphatic carbocycles. The lowest BCUT2D eigenvalue weighted by Gasteiger charge is -2.08. The van der Waals surface area contributed by atoms with Crippen LogP contribution in [-0.2, 0) is 6.18 Å². The molecule has 0 amide bonds. The number of benzene rings is 1. The summed E-state index contributed by atoms with van der Waals surface area (Å²) in [5.41, 5.74) is 0.276. The summed E-state index contributed by atoms with van der Waals surface area (Å²) >= 11 is 4.83. The van der Waals surface area contributed by atoms with E-state index in [1.807, 2.05) is 0 Å². The van der Waals surface area contributed by atoms with Crippen molar-refractivity contribution in [2.45, 2.75) is 6.18 Å². The molecule has 0 fully saturated rings. The number of aromatic amines is 1. The number of nitrogens with one attached hydrogen (secondary N) is 1. The highest BCUT2D eigenvalue weighted by atomic mass is 32.1. The van der Waals surface area contributed by atoms with Crippen molar-refractivity contribution < 1.29 is 17.9 Å². The zero-order valence-electron chi connectivity index (χ0n) is 8.63. The van der Waals surface area contributed by atoms with Gasteiger partial charge in [0.15, 0.2) is 0 Å². The number of aromatic nitrogens is 2. The quantitative estimate of drug-likeness (QED) is 0.799. The second kappa shape index (κ2) is 3.99. The zero-order chi connectivity index (χ0) is 12.6. The maximum Gasteiger partial charge on any atom is 0.449 e. The number of rotatable bonds is 1. The maximum absolute atomic E-state index is 12.5. The van der Waals surface area contributed by atoms with Crippen LogP contribution in [0.5, 0.6) is 5.75 Å². The minimum Gasteiger partial charge on any atom is -0.497 e. The van der Waals surface area contributed by atoms with E-state index in [0.717, 1.165) is 0 Å². The molecule has 7 heteroatoms. The lowest BCUT2D eigenvalue weighted by atomic mass is 10.2. The highest BCUT2D eigenvalue weighted by Gasteiger charge is 2.34. The highest BCUT2D eigenvalue weighted by molar-refractivity contribution is 7.71. The van der Waals surface area contributed by atoms with Crippen LogP contribution in [0.3, 0.4) is 0 Å². The van der Waals surface area contributed by atoms with Crippen LogP contribution in [0.15, 0.2) is 18.2 Å².